The Morgan fingerprint density at radius 3 is 2.44 bits per heavy atom. The van der Waals surface area contributed by atoms with Crippen molar-refractivity contribution in [2.45, 2.75) is 26.1 Å². The molecule has 0 saturated carbocycles. The highest BCUT2D eigenvalue weighted by Gasteiger charge is 2.42. The number of benzene rings is 2. The Balaban J connectivity index is 1.39. The van der Waals surface area contributed by atoms with Gasteiger partial charge in [0, 0.05) is 18.0 Å². The van der Waals surface area contributed by atoms with Crippen LogP contribution in [0.25, 0.3) is 17.0 Å². The number of hydrogen-bond donors (Lipinski definition) is 0. The van der Waals surface area contributed by atoms with Crippen molar-refractivity contribution in [1.82, 2.24) is 9.38 Å². The normalized spacial score (nSPS) is 14.8. The number of aromatic nitrogens is 2. The van der Waals surface area contributed by atoms with Crippen molar-refractivity contribution in [3.63, 3.8) is 0 Å². The van der Waals surface area contributed by atoms with E-state index in [1.807, 2.05) is 12.1 Å². The zero-order valence-electron chi connectivity index (χ0n) is 18.6. The molecular formula is C27H20FN3O3. The van der Waals surface area contributed by atoms with Gasteiger partial charge in [0.25, 0.3) is 0 Å². The highest BCUT2D eigenvalue weighted by atomic mass is 19.1. The Morgan fingerprint density at radius 2 is 1.74 bits per heavy atom. The van der Waals surface area contributed by atoms with Crippen LogP contribution in [0.4, 0.5) is 4.39 Å². The largest absolute Gasteiger partial charge is 0.487 e. The van der Waals surface area contributed by atoms with Crippen molar-refractivity contribution in [2.24, 2.45) is 0 Å². The van der Waals surface area contributed by atoms with Gasteiger partial charge in [0.2, 0.25) is 5.78 Å². The van der Waals surface area contributed by atoms with Gasteiger partial charge in [0.05, 0.1) is 22.9 Å². The number of carbonyl (C=O) groups excluding carboxylic acids is 1. The lowest BCUT2D eigenvalue weighted by Crippen LogP contribution is -2.29. The molecule has 5 rings (SSSR count). The summed E-state index contributed by atoms with van der Waals surface area (Å²) in [6.45, 7) is 3.70. The molecule has 0 fully saturated rings. The van der Waals surface area contributed by atoms with Crippen LogP contribution < -0.4 is 4.74 Å². The molecule has 0 amide bonds. The standard InChI is InChI=1S/C27H20FN3O3/c1-27(2)26(32)24(25(34-27)19-5-3-17(13-29)4-6-19)18-7-10-22(11-8-18)33-16-21-15-31-14-20(28)9-12-23(31)30-21/h3-12,14-15H,16H2,1-2H3. The fourth-order valence-corrected chi connectivity index (χ4v) is 3.88. The maximum Gasteiger partial charge on any atom is 0.210 e. The first-order chi connectivity index (χ1) is 16.3. The molecule has 2 aromatic carbocycles. The van der Waals surface area contributed by atoms with Gasteiger partial charge >= 0.3 is 0 Å². The van der Waals surface area contributed by atoms with E-state index < -0.39 is 5.60 Å². The van der Waals surface area contributed by atoms with Gasteiger partial charge in [-0.2, -0.15) is 5.26 Å². The van der Waals surface area contributed by atoms with Crippen LogP contribution in [0, 0.1) is 17.1 Å². The number of ketones is 1. The molecule has 168 valence electrons. The van der Waals surface area contributed by atoms with Crippen molar-refractivity contribution in [3.05, 3.63) is 101 Å². The van der Waals surface area contributed by atoms with Gasteiger partial charge in [0.15, 0.2) is 5.60 Å². The summed E-state index contributed by atoms with van der Waals surface area (Å²) in [6.07, 6.45) is 3.08. The number of fused-ring (bicyclic) bond motifs is 1. The minimum absolute atomic E-state index is 0.113. The predicted octanol–water partition coefficient (Wildman–Crippen LogP) is 5.17. The molecular weight excluding hydrogens is 433 g/mol. The average molecular weight is 453 g/mol. The van der Waals surface area contributed by atoms with Gasteiger partial charge in [-0.25, -0.2) is 9.37 Å². The van der Waals surface area contributed by atoms with E-state index in [2.05, 4.69) is 11.1 Å². The molecule has 0 unspecified atom stereocenters. The van der Waals surface area contributed by atoms with E-state index in [1.165, 1.54) is 12.3 Å². The van der Waals surface area contributed by atoms with Crippen LogP contribution in [0.1, 0.15) is 36.2 Å². The van der Waals surface area contributed by atoms with E-state index in [9.17, 15) is 9.18 Å². The summed E-state index contributed by atoms with van der Waals surface area (Å²) in [5.74, 6) is 0.650. The Hall–Kier alpha value is -4.44. The van der Waals surface area contributed by atoms with Crippen molar-refractivity contribution < 1.29 is 18.7 Å². The van der Waals surface area contributed by atoms with Crippen LogP contribution in [-0.4, -0.2) is 20.8 Å². The van der Waals surface area contributed by atoms with Crippen molar-refractivity contribution in [1.29, 1.82) is 5.26 Å². The molecule has 6 nitrogen and oxygen atoms in total. The minimum atomic E-state index is -0.990. The van der Waals surface area contributed by atoms with Gasteiger partial charge in [0.1, 0.15) is 29.6 Å². The molecule has 0 aliphatic carbocycles. The van der Waals surface area contributed by atoms with E-state index in [0.29, 0.717) is 39.5 Å². The first-order valence-electron chi connectivity index (χ1n) is 10.7. The molecule has 0 atom stereocenters. The van der Waals surface area contributed by atoms with Gasteiger partial charge in [-0.15, -0.1) is 0 Å². The Kier molecular flexibility index (Phi) is 5.14. The molecule has 2 aromatic heterocycles. The molecule has 7 heteroatoms. The SMILES string of the molecule is CC1(C)OC(c2ccc(C#N)cc2)=C(c2ccc(OCc3cn4cc(F)ccc4n3)cc2)C1=O. The molecule has 0 radical (unpaired) electrons. The van der Waals surface area contributed by atoms with Gasteiger partial charge in [-0.05, 0) is 67.9 Å². The van der Waals surface area contributed by atoms with Gasteiger partial charge in [-0.1, -0.05) is 12.1 Å². The van der Waals surface area contributed by atoms with Crippen molar-refractivity contribution >= 4 is 22.8 Å². The maximum atomic E-state index is 13.4. The number of halogens is 1. The highest BCUT2D eigenvalue weighted by Crippen LogP contribution is 2.41. The van der Waals surface area contributed by atoms with Crippen molar-refractivity contribution in [2.75, 3.05) is 0 Å². The summed E-state index contributed by atoms with van der Waals surface area (Å²) in [5, 5.41) is 9.06. The lowest BCUT2D eigenvalue weighted by Gasteiger charge is -2.17. The van der Waals surface area contributed by atoms with E-state index in [4.69, 9.17) is 14.7 Å². The quantitative estimate of drug-likeness (QED) is 0.417. The molecule has 1 aliphatic rings. The topological polar surface area (TPSA) is 76.6 Å². The summed E-state index contributed by atoms with van der Waals surface area (Å²) in [6, 6.07) is 19.2. The number of nitriles is 1. The van der Waals surface area contributed by atoms with Gasteiger partial charge < -0.3 is 13.9 Å². The number of imidazole rings is 1. The molecule has 0 saturated heterocycles. The lowest BCUT2D eigenvalue weighted by molar-refractivity contribution is -0.125. The number of pyridine rings is 1. The Morgan fingerprint density at radius 1 is 1.03 bits per heavy atom. The number of rotatable bonds is 5. The summed E-state index contributed by atoms with van der Waals surface area (Å²) in [4.78, 5) is 17.5. The number of ether oxygens (including phenoxy) is 2. The maximum absolute atomic E-state index is 13.4. The molecule has 4 aromatic rings. The average Bonchev–Trinajstić information content (AvgIpc) is 3.35. The second-order valence-electron chi connectivity index (χ2n) is 8.49. The summed E-state index contributed by atoms with van der Waals surface area (Å²) in [7, 11) is 0. The Labute approximate surface area is 195 Å². The molecule has 1 aliphatic heterocycles. The zero-order valence-corrected chi connectivity index (χ0v) is 18.6. The van der Waals surface area contributed by atoms with E-state index in [-0.39, 0.29) is 18.2 Å². The fourth-order valence-electron chi connectivity index (χ4n) is 3.88. The second kappa shape index (κ2) is 8.16. The van der Waals surface area contributed by atoms with Crippen LogP contribution in [0.5, 0.6) is 5.75 Å². The third-order valence-electron chi connectivity index (χ3n) is 5.63. The molecule has 0 N–H and O–H groups in total. The molecule has 0 spiro atoms. The summed E-state index contributed by atoms with van der Waals surface area (Å²) >= 11 is 0. The van der Waals surface area contributed by atoms with Crippen LogP contribution in [0.2, 0.25) is 0 Å². The predicted molar refractivity (Wildman–Crippen MR) is 124 cm³/mol. The molecule has 0 bridgehead atoms. The van der Waals surface area contributed by atoms with Gasteiger partial charge in [-0.3, -0.25) is 4.79 Å². The lowest BCUT2D eigenvalue weighted by atomic mass is 9.92. The minimum Gasteiger partial charge on any atom is -0.487 e. The van der Waals surface area contributed by atoms with Crippen molar-refractivity contribution in [3.8, 4) is 11.8 Å². The summed E-state index contributed by atoms with van der Waals surface area (Å²) < 4.78 is 26.9. The van der Waals surface area contributed by atoms with Crippen LogP contribution in [-0.2, 0) is 16.1 Å². The number of Topliss-reactive ketones (excluding diaryl/α,β-unsaturated/α-hetero) is 1. The number of nitrogens with zero attached hydrogens (tertiary/aromatic N) is 3. The third kappa shape index (κ3) is 3.90. The first-order valence-corrected chi connectivity index (χ1v) is 10.7. The van der Waals surface area contributed by atoms with E-state index in [0.717, 1.165) is 5.56 Å². The highest BCUT2D eigenvalue weighted by molar-refractivity contribution is 6.32. The zero-order chi connectivity index (χ0) is 23.9. The monoisotopic (exact) mass is 453 g/mol. The van der Waals surface area contributed by atoms with Crippen LogP contribution in [0.3, 0.4) is 0 Å². The smallest absolute Gasteiger partial charge is 0.210 e. The fraction of sp³-hybridized carbons (Fsp3) is 0.148. The van der Waals surface area contributed by atoms with E-state index in [1.54, 1.807) is 66.9 Å². The number of hydrogen-bond acceptors (Lipinski definition) is 5. The molecule has 34 heavy (non-hydrogen) atoms. The molecule has 3 heterocycles. The van der Waals surface area contributed by atoms with Crippen LogP contribution in [0.15, 0.2) is 73.1 Å². The second-order valence-corrected chi connectivity index (χ2v) is 8.49. The third-order valence-corrected chi connectivity index (χ3v) is 5.63. The Bertz CT molecular complexity index is 1480. The van der Waals surface area contributed by atoms with E-state index >= 15 is 0 Å². The number of carbonyl (C=O) groups is 1. The summed E-state index contributed by atoms with van der Waals surface area (Å²) in [5.41, 5.74) is 2.79. The first kappa shape index (κ1) is 21.4. The van der Waals surface area contributed by atoms with Crippen LogP contribution >= 0.6 is 0 Å².